The molecule has 23 heteroatoms. The average molecular weight is 869 g/mol. The van der Waals surface area contributed by atoms with Crippen molar-refractivity contribution in [3.8, 4) is 68.8 Å². The van der Waals surface area contributed by atoms with Crippen LogP contribution in [0.3, 0.4) is 0 Å². The molecule has 7 aromatic rings. The van der Waals surface area contributed by atoms with Crippen molar-refractivity contribution in [2.24, 2.45) is 0 Å². The Bertz CT molecular complexity index is 3070. The summed E-state index contributed by atoms with van der Waals surface area (Å²) < 4.78 is 203. The highest BCUT2D eigenvalue weighted by atomic mass is 19.4. The SMILES string of the molecule is Cc1nc(F)c(F)c(-c2cc(C(F)(F)F)ccc2-c2c3nc(=C(C#N)C#N)oc3c(-c3ccc(C(F)(F)F)cc3-c3c(F)c(F)nc(F)c3F)c3nc(=C(C#N)C#N)oc23)c1F. The molecule has 3 aromatic carbocycles. The van der Waals surface area contributed by atoms with E-state index in [4.69, 9.17) is 8.83 Å². The Balaban J connectivity index is 1.82. The summed E-state index contributed by atoms with van der Waals surface area (Å²) in [4.78, 5) is 13.5. The summed E-state index contributed by atoms with van der Waals surface area (Å²) in [6.45, 7) is 0.822. The molecule has 0 amide bonds. The molecule has 0 bridgehead atoms. The third kappa shape index (κ3) is 6.62. The molecule has 0 radical (unpaired) electrons. The molecule has 308 valence electrons. The summed E-state index contributed by atoms with van der Waals surface area (Å²) >= 11 is 0. The smallest absolute Gasteiger partial charge is 0.416 e. The zero-order valence-corrected chi connectivity index (χ0v) is 29.8. The van der Waals surface area contributed by atoms with Crippen LogP contribution in [0, 0.1) is 93.4 Å². The van der Waals surface area contributed by atoms with Crippen molar-refractivity contribution in [3.05, 3.63) is 105 Å². The Hall–Kier alpha value is -8.31. The molecule has 4 aromatic heterocycles. The number of hydrogen-bond acceptors (Lipinski definition) is 10. The molecule has 0 aliphatic heterocycles. The minimum atomic E-state index is -5.33. The number of halogens is 13. The van der Waals surface area contributed by atoms with Gasteiger partial charge in [0.25, 0.3) is 11.9 Å². The van der Waals surface area contributed by atoms with E-state index in [0.29, 0.717) is 18.2 Å². The van der Waals surface area contributed by atoms with Crippen LogP contribution in [-0.4, -0.2) is 19.9 Å². The number of benzene rings is 3. The normalized spacial score (nSPS) is 11.6. The van der Waals surface area contributed by atoms with E-state index < -0.39 is 159 Å². The van der Waals surface area contributed by atoms with Gasteiger partial charge in [-0.15, -0.1) is 0 Å². The minimum Gasteiger partial charge on any atom is -0.434 e. The molecule has 0 N–H and O–H groups in total. The molecule has 0 fully saturated rings. The molecule has 0 aliphatic carbocycles. The zero-order chi connectivity index (χ0) is 45.3. The van der Waals surface area contributed by atoms with Gasteiger partial charge in [-0.1, -0.05) is 12.1 Å². The van der Waals surface area contributed by atoms with Gasteiger partial charge in [0.15, 0.2) is 45.6 Å². The van der Waals surface area contributed by atoms with Crippen LogP contribution < -0.4 is 11.1 Å². The quantitative estimate of drug-likeness (QED) is 0.123. The van der Waals surface area contributed by atoms with Gasteiger partial charge in [0.05, 0.1) is 39.1 Å². The van der Waals surface area contributed by atoms with Crippen LogP contribution in [0.25, 0.3) is 77.9 Å². The molecular weight excluding hydrogens is 859 g/mol. The first-order chi connectivity index (χ1) is 29.2. The fraction of sp³-hybridized carbons (Fsp3) is 0.0769. The van der Waals surface area contributed by atoms with Crippen LogP contribution in [0.4, 0.5) is 57.1 Å². The third-order valence-electron chi connectivity index (χ3n) is 9.03. The lowest BCUT2D eigenvalue weighted by Gasteiger charge is -2.18. The maximum absolute atomic E-state index is 15.8. The first-order valence-electron chi connectivity index (χ1n) is 16.4. The summed E-state index contributed by atoms with van der Waals surface area (Å²) in [5.74, 6) is -15.2. The molecule has 0 saturated carbocycles. The number of fused-ring (bicyclic) bond motifs is 2. The van der Waals surface area contributed by atoms with E-state index in [2.05, 4.69) is 19.9 Å². The molecular formula is C39H9F13N8O2. The summed E-state index contributed by atoms with van der Waals surface area (Å²) in [7, 11) is 0. The molecule has 10 nitrogen and oxygen atoms in total. The number of aromatic nitrogens is 4. The summed E-state index contributed by atoms with van der Waals surface area (Å²) in [5.41, 5.74) is -20.9. The number of hydrogen-bond donors (Lipinski definition) is 0. The fourth-order valence-corrected chi connectivity index (χ4v) is 6.36. The van der Waals surface area contributed by atoms with Crippen LogP contribution in [0.2, 0.25) is 0 Å². The first-order valence-corrected chi connectivity index (χ1v) is 16.4. The van der Waals surface area contributed by atoms with Crippen molar-refractivity contribution in [1.82, 2.24) is 19.9 Å². The maximum atomic E-state index is 15.8. The number of nitrogens with zero attached hydrogens (tertiary/aromatic N) is 8. The van der Waals surface area contributed by atoms with E-state index in [0.717, 1.165) is 6.92 Å². The van der Waals surface area contributed by atoms with E-state index in [9.17, 15) is 60.6 Å². The predicted octanol–water partition coefficient (Wildman–Crippen LogP) is 9.14. The van der Waals surface area contributed by atoms with Gasteiger partial charge in [0, 0.05) is 0 Å². The number of nitriles is 4. The van der Waals surface area contributed by atoms with Crippen molar-refractivity contribution in [3.63, 3.8) is 0 Å². The van der Waals surface area contributed by atoms with Crippen LogP contribution in [0.5, 0.6) is 0 Å². The molecule has 0 atom stereocenters. The molecule has 0 unspecified atom stereocenters. The summed E-state index contributed by atoms with van der Waals surface area (Å²) in [5, 5.41) is 38.8. The highest BCUT2D eigenvalue weighted by molar-refractivity contribution is 6.18. The Morgan fingerprint density at radius 1 is 0.484 bits per heavy atom. The van der Waals surface area contributed by atoms with Crippen LogP contribution in [-0.2, 0) is 12.4 Å². The first kappa shape index (κ1) is 41.8. The number of pyridine rings is 2. The number of alkyl halides is 6. The average Bonchev–Trinajstić information content (AvgIpc) is 3.84. The van der Waals surface area contributed by atoms with Gasteiger partial charge in [-0.2, -0.15) is 65.5 Å². The Morgan fingerprint density at radius 3 is 1.19 bits per heavy atom. The van der Waals surface area contributed by atoms with Crippen molar-refractivity contribution in [1.29, 1.82) is 21.0 Å². The molecule has 7 rings (SSSR count). The predicted molar refractivity (Wildman–Crippen MR) is 182 cm³/mol. The van der Waals surface area contributed by atoms with Crippen molar-refractivity contribution < 1.29 is 65.9 Å². The second-order valence-corrected chi connectivity index (χ2v) is 12.5. The number of oxazole rings is 2. The monoisotopic (exact) mass is 868 g/mol. The van der Waals surface area contributed by atoms with Gasteiger partial charge in [-0.3, -0.25) is 0 Å². The second-order valence-electron chi connectivity index (χ2n) is 12.5. The Labute approximate surface area is 333 Å². The third-order valence-corrected chi connectivity index (χ3v) is 9.03. The standard InChI is InChI=1S/C39H9F13N8O2/c1-12-25(40)21(26(41)33(44)57-12)19-6-15(38(47,48)49)2-4-17(19)23-29-32(62-36(58-29)13(8-53)9-54)24(30-31(23)61-37(59-30)14(10-55)11-56)18-5-3-16(39(50,51)52)7-20(18)22-27(42)34(45)60-35(46)28(22)43/h2-7H,1H3. The van der Waals surface area contributed by atoms with Gasteiger partial charge >= 0.3 is 12.4 Å². The summed E-state index contributed by atoms with van der Waals surface area (Å²) in [6, 6.07) is 7.40. The Morgan fingerprint density at radius 2 is 0.839 bits per heavy atom. The van der Waals surface area contributed by atoms with Crippen LogP contribution in [0.1, 0.15) is 16.8 Å². The van der Waals surface area contributed by atoms with E-state index in [1.807, 2.05) is 0 Å². The maximum Gasteiger partial charge on any atom is 0.416 e. The van der Waals surface area contributed by atoms with Gasteiger partial charge < -0.3 is 8.83 Å². The molecule has 4 heterocycles. The molecule has 62 heavy (non-hydrogen) atoms. The van der Waals surface area contributed by atoms with Crippen molar-refractivity contribution in [2.45, 2.75) is 19.3 Å². The van der Waals surface area contributed by atoms with Gasteiger partial charge in [0.1, 0.15) is 35.3 Å². The van der Waals surface area contributed by atoms with Gasteiger partial charge in [-0.25, -0.2) is 32.5 Å². The number of aryl methyl sites for hydroxylation is 1. The van der Waals surface area contributed by atoms with E-state index in [1.54, 1.807) is 0 Å². The van der Waals surface area contributed by atoms with Crippen LogP contribution in [0.15, 0.2) is 45.2 Å². The topological polar surface area (TPSA) is 173 Å². The molecule has 0 saturated heterocycles. The lowest BCUT2D eigenvalue weighted by molar-refractivity contribution is -0.138. The minimum absolute atomic E-state index is 0.0175. The van der Waals surface area contributed by atoms with Crippen molar-refractivity contribution in [2.75, 3.05) is 0 Å². The molecule has 0 aliphatic rings. The fourth-order valence-electron chi connectivity index (χ4n) is 6.36. The zero-order valence-electron chi connectivity index (χ0n) is 29.8. The van der Waals surface area contributed by atoms with Crippen LogP contribution >= 0.6 is 0 Å². The lowest BCUT2D eigenvalue weighted by atomic mass is 9.87. The highest BCUT2D eigenvalue weighted by Crippen LogP contribution is 2.49. The highest BCUT2D eigenvalue weighted by Gasteiger charge is 2.37. The van der Waals surface area contributed by atoms with E-state index in [1.165, 1.54) is 24.3 Å². The van der Waals surface area contributed by atoms with Gasteiger partial charge in [0.2, 0.25) is 17.0 Å². The summed E-state index contributed by atoms with van der Waals surface area (Å²) in [6.07, 6.45) is -10.6. The van der Waals surface area contributed by atoms with E-state index >= 15 is 17.6 Å². The van der Waals surface area contributed by atoms with E-state index in [-0.39, 0.29) is 18.2 Å². The lowest BCUT2D eigenvalue weighted by Crippen LogP contribution is -2.08. The van der Waals surface area contributed by atoms with Crippen molar-refractivity contribution >= 4 is 33.3 Å². The Kier molecular flexibility index (Phi) is 9.95. The number of rotatable bonds is 4. The second kappa shape index (κ2) is 14.8. The molecule has 0 spiro atoms. The largest absolute Gasteiger partial charge is 0.434 e. The van der Waals surface area contributed by atoms with Gasteiger partial charge in [-0.05, 0) is 53.4 Å².